The SMILES string of the molecule is CC(C)(C)[N-]C(C)(C)c1ccccc1-c1cccc2c1Cc1ccccc1-2.[Cl-].[Cl-].[Ti+3]. The van der Waals surface area contributed by atoms with E-state index >= 15 is 0 Å². The van der Waals surface area contributed by atoms with E-state index in [9.17, 15) is 0 Å². The van der Waals surface area contributed by atoms with E-state index < -0.39 is 0 Å². The minimum atomic E-state index is -0.247. The molecule has 3 aromatic carbocycles. The van der Waals surface area contributed by atoms with Gasteiger partial charge in [-0.2, -0.15) is 0 Å². The quantitative estimate of drug-likeness (QED) is 0.399. The van der Waals surface area contributed by atoms with E-state index in [-0.39, 0.29) is 57.6 Å². The van der Waals surface area contributed by atoms with Gasteiger partial charge in [-0.25, -0.2) is 0 Å². The van der Waals surface area contributed by atoms with Crippen molar-refractivity contribution in [3.63, 3.8) is 0 Å². The third-order valence-electron chi connectivity index (χ3n) is 5.34. The van der Waals surface area contributed by atoms with Crippen molar-refractivity contribution in [2.75, 3.05) is 0 Å². The van der Waals surface area contributed by atoms with E-state index in [0.29, 0.717) is 0 Å². The summed E-state index contributed by atoms with van der Waals surface area (Å²) in [6, 6.07) is 24.3. The van der Waals surface area contributed by atoms with Gasteiger partial charge in [0.15, 0.2) is 0 Å². The van der Waals surface area contributed by atoms with Crippen LogP contribution in [0.1, 0.15) is 51.3 Å². The maximum atomic E-state index is 5.13. The molecule has 0 fully saturated rings. The van der Waals surface area contributed by atoms with Crippen LogP contribution in [0, 0.1) is 0 Å². The standard InChI is InChI=1S/C26H28N.2ClH.Ti/c1-25(2,3)27-26(4,5)24-16-9-8-13-22(24)21-15-10-14-20-19-12-7-6-11-18(19)17-23(20)21;;;/h6-16H,17H2,1-5H3;2*1H;/q-1;;;+3/p-2. The normalized spacial score (nSPS) is 12.0. The van der Waals surface area contributed by atoms with Crippen molar-refractivity contribution in [1.82, 2.24) is 0 Å². The molecule has 1 radical (unpaired) electrons. The van der Waals surface area contributed by atoms with Gasteiger partial charge < -0.3 is 30.1 Å². The molecule has 0 unspecified atom stereocenters. The Hall–Kier alpha value is -1.09. The zero-order chi connectivity index (χ0) is 19.2. The molecular formula is C26H28Cl2NTi. The largest absolute Gasteiger partial charge is 3.00 e. The molecule has 3 aromatic rings. The fourth-order valence-corrected chi connectivity index (χ4v) is 4.56. The van der Waals surface area contributed by atoms with Crippen LogP contribution in [0.15, 0.2) is 66.7 Å². The molecule has 0 amide bonds. The van der Waals surface area contributed by atoms with Gasteiger partial charge in [-0.05, 0) is 39.8 Å². The van der Waals surface area contributed by atoms with Crippen LogP contribution in [0.25, 0.3) is 27.6 Å². The maximum absolute atomic E-state index is 5.13. The molecule has 0 N–H and O–H groups in total. The predicted molar refractivity (Wildman–Crippen MR) is 116 cm³/mol. The average molecular weight is 473 g/mol. The van der Waals surface area contributed by atoms with E-state index in [1.54, 1.807) is 0 Å². The second-order valence-electron chi connectivity index (χ2n) is 9.05. The molecule has 1 aliphatic rings. The number of hydrogen-bond acceptors (Lipinski definition) is 0. The first kappa shape index (κ1) is 26.9. The van der Waals surface area contributed by atoms with E-state index in [2.05, 4.69) is 101 Å². The molecule has 1 nitrogen and oxygen atoms in total. The van der Waals surface area contributed by atoms with Gasteiger partial charge in [0.1, 0.15) is 0 Å². The number of hydrogen-bond donors (Lipinski definition) is 0. The van der Waals surface area contributed by atoms with Gasteiger partial charge in [0.2, 0.25) is 0 Å². The van der Waals surface area contributed by atoms with Crippen LogP contribution in [-0.2, 0) is 33.7 Å². The van der Waals surface area contributed by atoms with Crippen LogP contribution in [0.3, 0.4) is 0 Å². The molecular weight excluding hydrogens is 445 g/mol. The fourth-order valence-electron chi connectivity index (χ4n) is 4.56. The van der Waals surface area contributed by atoms with Gasteiger partial charge >= 0.3 is 21.7 Å². The number of halogens is 2. The summed E-state index contributed by atoms with van der Waals surface area (Å²) in [6.45, 7) is 11.0. The van der Waals surface area contributed by atoms with Crippen LogP contribution in [0.5, 0.6) is 0 Å². The molecule has 0 bridgehead atoms. The van der Waals surface area contributed by atoms with Gasteiger partial charge in [-0.3, -0.25) is 0 Å². The summed E-state index contributed by atoms with van der Waals surface area (Å²) in [5.74, 6) is 0. The van der Waals surface area contributed by atoms with Gasteiger partial charge in [0.25, 0.3) is 0 Å². The van der Waals surface area contributed by atoms with Gasteiger partial charge in [-0.15, -0.1) is 11.1 Å². The summed E-state index contributed by atoms with van der Waals surface area (Å²) in [7, 11) is 0. The second-order valence-corrected chi connectivity index (χ2v) is 9.05. The maximum Gasteiger partial charge on any atom is 3.00 e. The predicted octanol–water partition coefficient (Wildman–Crippen LogP) is 1.34. The topological polar surface area (TPSA) is 14.1 Å². The van der Waals surface area contributed by atoms with Crippen LogP contribution >= 0.6 is 0 Å². The smallest absolute Gasteiger partial charge is 1.00 e. The Labute approximate surface area is 208 Å². The van der Waals surface area contributed by atoms with Crippen molar-refractivity contribution >= 4 is 0 Å². The summed E-state index contributed by atoms with van der Waals surface area (Å²) in [4.78, 5) is 0. The number of rotatable bonds is 3. The zero-order valence-corrected chi connectivity index (χ0v) is 21.3. The second kappa shape index (κ2) is 10.0. The van der Waals surface area contributed by atoms with Crippen molar-refractivity contribution in [2.45, 2.75) is 52.1 Å². The minimum absolute atomic E-state index is 0. The van der Waals surface area contributed by atoms with Crippen LogP contribution in [0.2, 0.25) is 0 Å². The third kappa shape index (κ3) is 5.21. The van der Waals surface area contributed by atoms with Crippen molar-refractivity contribution in [3.8, 4) is 22.3 Å². The minimum Gasteiger partial charge on any atom is -1.00 e. The van der Waals surface area contributed by atoms with Gasteiger partial charge in [0, 0.05) is 0 Å². The van der Waals surface area contributed by atoms with E-state index in [1.165, 1.54) is 38.9 Å². The summed E-state index contributed by atoms with van der Waals surface area (Å²) >= 11 is 0. The molecule has 0 saturated heterocycles. The Balaban J connectivity index is 0.00000150. The summed E-state index contributed by atoms with van der Waals surface area (Å²) in [5.41, 5.74) is 9.25. The summed E-state index contributed by atoms with van der Waals surface area (Å²) in [6.07, 6.45) is 1.01. The Kier molecular flexibility index (Phi) is 9.00. The molecule has 1 aliphatic carbocycles. The Morgan fingerprint density at radius 2 is 1.13 bits per heavy atom. The number of nitrogens with zero attached hydrogens (tertiary/aromatic N) is 1. The molecule has 30 heavy (non-hydrogen) atoms. The van der Waals surface area contributed by atoms with Crippen molar-refractivity contribution < 1.29 is 46.5 Å². The number of benzene rings is 3. The molecule has 0 atom stereocenters. The molecule has 155 valence electrons. The van der Waals surface area contributed by atoms with E-state index in [0.717, 1.165) is 6.42 Å². The summed E-state index contributed by atoms with van der Waals surface area (Å²) < 4.78 is 0. The van der Waals surface area contributed by atoms with Crippen molar-refractivity contribution in [2.24, 2.45) is 0 Å². The fraction of sp³-hybridized carbons (Fsp3) is 0.308. The van der Waals surface area contributed by atoms with Crippen LogP contribution in [0.4, 0.5) is 0 Å². The van der Waals surface area contributed by atoms with E-state index in [1.807, 2.05) is 0 Å². The average Bonchev–Trinajstić information content (AvgIpc) is 2.98. The monoisotopic (exact) mass is 472 g/mol. The van der Waals surface area contributed by atoms with Crippen molar-refractivity contribution in [3.05, 3.63) is 88.7 Å². The molecule has 0 aliphatic heterocycles. The first-order chi connectivity index (χ1) is 12.8. The molecule has 0 aromatic heterocycles. The third-order valence-corrected chi connectivity index (χ3v) is 5.34. The van der Waals surface area contributed by atoms with Crippen molar-refractivity contribution in [1.29, 1.82) is 0 Å². The van der Waals surface area contributed by atoms with Crippen LogP contribution < -0.4 is 24.8 Å². The van der Waals surface area contributed by atoms with E-state index in [4.69, 9.17) is 5.32 Å². The molecule has 0 saturated carbocycles. The Bertz CT molecular complexity index is 1010. The molecule has 0 heterocycles. The molecule has 4 rings (SSSR count). The Morgan fingerprint density at radius 1 is 0.633 bits per heavy atom. The first-order valence-electron chi connectivity index (χ1n) is 9.80. The molecule has 0 spiro atoms. The molecule has 4 heteroatoms. The number of fused-ring (bicyclic) bond motifs is 3. The Morgan fingerprint density at radius 3 is 1.77 bits per heavy atom. The van der Waals surface area contributed by atoms with Gasteiger partial charge in [-0.1, -0.05) is 107 Å². The van der Waals surface area contributed by atoms with Crippen LogP contribution in [-0.4, -0.2) is 5.54 Å². The first-order valence-corrected chi connectivity index (χ1v) is 9.80. The summed E-state index contributed by atoms with van der Waals surface area (Å²) in [5, 5.41) is 5.13. The van der Waals surface area contributed by atoms with Gasteiger partial charge in [0.05, 0.1) is 0 Å². The zero-order valence-electron chi connectivity index (χ0n) is 18.3.